The van der Waals surface area contributed by atoms with Crippen molar-refractivity contribution in [1.29, 1.82) is 0 Å². The second-order valence-corrected chi connectivity index (χ2v) is 9.11. The van der Waals surface area contributed by atoms with Crippen LogP contribution < -0.4 is 14.9 Å². The van der Waals surface area contributed by atoms with Crippen molar-refractivity contribution < 1.29 is 37.5 Å². The number of hydrogen-bond donors (Lipinski definition) is 2. The smallest absolute Gasteiger partial charge is 0.459 e. The van der Waals surface area contributed by atoms with Crippen LogP contribution in [0.1, 0.15) is 32.6 Å². The van der Waals surface area contributed by atoms with Crippen LogP contribution in [0, 0.1) is 12.1 Å². The first kappa shape index (κ1) is 27.3. The van der Waals surface area contributed by atoms with E-state index >= 15 is 0 Å². The summed E-state index contributed by atoms with van der Waals surface area (Å²) in [5.74, 6) is -0.886. The molecule has 0 aromatic heterocycles. The molecule has 1 aromatic carbocycles. The van der Waals surface area contributed by atoms with Crippen molar-refractivity contribution in [2.75, 3.05) is 26.8 Å². The molecule has 0 saturated carbocycles. The molecule has 0 aliphatic carbocycles. The highest BCUT2D eigenvalue weighted by Gasteiger charge is 2.33. The summed E-state index contributed by atoms with van der Waals surface area (Å²) in [6.45, 7) is 1.85. The minimum Gasteiger partial charge on any atom is -0.465 e. The highest BCUT2D eigenvalue weighted by Crippen LogP contribution is 2.44. The SMILES string of the molecule is CCCCOC(=O)CNP(=O)(OC[C@@H]1CC[C@H](N(C)/C=C\C(=O)NC=O)O1)Oc1cc#ccc1. The second-order valence-electron chi connectivity index (χ2n) is 7.36. The van der Waals surface area contributed by atoms with Gasteiger partial charge in [0.05, 0.1) is 19.3 Å². The first-order valence-corrected chi connectivity index (χ1v) is 12.4. The quantitative estimate of drug-likeness (QED) is 0.122. The summed E-state index contributed by atoms with van der Waals surface area (Å²) in [5, 5.41) is 4.54. The summed E-state index contributed by atoms with van der Waals surface area (Å²) in [6.07, 6.45) is 5.14. The van der Waals surface area contributed by atoms with E-state index in [4.69, 9.17) is 18.5 Å². The average molecular weight is 495 g/mol. The highest BCUT2D eigenvalue weighted by molar-refractivity contribution is 7.52. The Hall–Kier alpha value is -2.90. The molecule has 1 heterocycles. The van der Waals surface area contributed by atoms with Gasteiger partial charge < -0.3 is 18.9 Å². The number of rotatable bonds is 15. The van der Waals surface area contributed by atoms with Crippen LogP contribution in [0.15, 0.2) is 30.5 Å². The number of ether oxygens (including phenoxy) is 2. The Morgan fingerprint density at radius 1 is 1.35 bits per heavy atom. The van der Waals surface area contributed by atoms with Gasteiger partial charge in [-0.2, -0.15) is 0 Å². The molecule has 11 nitrogen and oxygen atoms in total. The fourth-order valence-corrected chi connectivity index (χ4v) is 4.14. The maximum atomic E-state index is 13.3. The zero-order chi connectivity index (χ0) is 24.8. The van der Waals surface area contributed by atoms with Gasteiger partial charge in [-0.1, -0.05) is 25.5 Å². The molecule has 0 bridgehead atoms. The van der Waals surface area contributed by atoms with Gasteiger partial charge in [-0.05, 0) is 31.4 Å². The topological polar surface area (TPSA) is 132 Å². The van der Waals surface area contributed by atoms with Crippen LogP contribution in [0.4, 0.5) is 0 Å². The molecule has 34 heavy (non-hydrogen) atoms. The van der Waals surface area contributed by atoms with Gasteiger partial charge in [0.25, 0.3) is 5.91 Å². The lowest BCUT2D eigenvalue weighted by Gasteiger charge is -2.24. The Labute approximate surface area is 199 Å². The summed E-state index contributed by atoms with van der Waals surface area (Å²) >= 11 is 0. The minimum absolute atomic E-state index is 0.0580. The fourth-order valence-electron chi connectivity index (χ4n) is 2.85. The normalized spacial score (nSPS) is 19.1. The third-order valence-corrected chi connectivity index (χ3v) is 6.15. The zero-order valence-electron chi connectivity index (χ0n) is 19.2. The molecule has 2 N–H and O–H groups in total. The molecule has 1 aromatic rings. The van der Waals surface area contributed by atoms with Gasteiger partial charge in [-0.25, -0.2) is 9.65 Å². The van der Waals surface area contributed by atoms with Gasteiger partial charge >= 0.3 is 13.7 Å². The van der Waals surface area contributed by atoms with Gasteiger partial charge in [0.1, 0.15) is 18.5 Å². The first-order valence-electron chi connectivity index (χ1n) is 10.9. The molecule has 1 saturated heterocycles. The van der Waals surface area contributed by atoms with E-state index in [0.717, 1.165) is 12.8 Å². The number of unbranched alkanes of at least 4 members (excludes halogenated alkanes) is 1. The predicted octanol–water partition coefficient (Wildman–Crippen LogP) is 1.95. The molecule has 0 radical (unpaired) electrons. The van der Waals surface area contributed by atoms with Crippen LogP contribution in [0.3, 0.4) is 0 Å². The lowest BCUT2D eigenvalue weighted by Crippen LogP contribution is -2.30. The third-order valence-electron chi connectivity index (χ3n) is 4.66. The Morgan fingerprint density at radius 3 is 2.88 bits per heavy atom. The monoisotopic (exact) mass is 495 g/mol. The van der Waals surface area contributed by atoms with Crippen LogP contribution in [-0.2, 0) is 32.9 Å². The molecule has 186 valence electrons. The third kappa shape index (κ3) is 9.93. The molecule has 3 atom stereocenters. The van der Waals surface area contributed by atoms with Gasteiger partial charge in [0, 0.05) is 25.4 Å². The molecular weight excluding hydrogens is 465 g/mol. The molecule has 12 heteroatoms. The number of nitrogens with one attached hydrogen (secondary N) is 2. The van der Waals surface area contributed by atoms with Gasteiger partial charge in [-0.15, -0.1) is 0 Å². The fraction of sp³-hybridized carbons (Fsp3) is 0.500. The van der Waals surface area contributed by atoms with Crippen LogP contribution in [-0.4, -0.2) is 62.3 Å². The highest BCUT2D eigenvalue weighted by atomic mass is 31.2. The molecule has 0 spiro atoms. The Kier molecular flexibility index (Phi) is 11.6. The van der Waals surface area contributed by atoms with Gasteiger partial charge in [-0.3, -0.25) is 24.2 Å². The lowest BCUT2D eigenvalue weighted by molar-refractivity contribution is -0.142. The van der Waals surface area contributed by atoms with Gasteiger partial charge in [0.15, 0.2) is 0 Å². The van der Waals surface area contributed by atoms with E-state index in [-0.39, 0.29) is 31.7 Å². The Morgan fingerprint density at radius 2 is 2.18 bits per heavy atom. The van der Waals surface area contributed by atoms with Gasteiger partial charge in [0.2, 0.25) is 6.41 Å². The van der Waals surface area contributed by atoms with Crippen molar-refractivity contribution in [3.8, 4) is 5.75 Å². The van der Waals surface area contributed by atoms with E-state index < -0.39 is 25.7 Å². The van der Waals surface area contributed by atoms with E-state index in [1.807, 2.05) is 12.2 Å². The first-order chi connectivity index (χ1) is 16.3. The number of amides is 2. The van der Waals surface area contributed by atoms with E-state index in [0.29, 0.717) is 19.3 Å². The number of hydrogen-bond acceptors (Lipinski definition) is 9. The molecule has 2 amide bonds. The van der Waals surface area contributed by atoms with Crippen LogP contribution in [0.5, 0.6) is 5.75 Å². The predicted molar refractivity (Wildman–Crippen MR) is 121 cm³/mol. The molecule has 1 aliphatic rings. The molecular formula is C22H30N3O8P. The number of carbonyl (C=O) groups is 3. The summed E-state index contributed by atoms with van der Waals surface area (Å²) in [6, 6.07) is 9.94. The van der Waals surface area contributed by atoms with Crippen molar-refractivity contribution >= 4 is 26.0 Å². The number of carbonyl (C=O) groups excluding carboxylic acids is 3. The molecule has 1 aliphatic heterocycles. The summed E-state index contributed by atoms with van der Waals surface area (Å²) in [4.78, 5) is 35.3. The summed E-state index contributed by atoms with van der Waals surface area (Å²) in [7, 11) is -2.22. The lowest BCUT2D eigenvalue weighted by atomic mass is 10.2. The average Bonchev–Trinajstić information content (AvgIpc) is 3.30. The zero-order valence-corrected chi connectivity index (χ0v) is 20.1. The van der Waals surface area contributed by atoms with Crippen molar-refractivity contribution in [2.45, 2.75) is 44.9 Å². The van der Waals surface area contributed by atoms with E-state index in [9.17, 15) is 18.9 Å². The van der Waals surface area contributed by atoms with Crippen LogP contribution in [0.2, 0.25) is 0 Å². The van der Waals surface area contributed by atoms with Crippen molar-refractivity contribution in [1.82, 2.24) is 15.3 Å². The van der Waals surface area contributed by atoms with Crippen molar-refractivity contribution in [2.24, 2.45) is 0 Å². The van der Waals surface area contributed by atoms with E-state index in [1.54, 1.807) is 18.0 Å². The number of imide groups is 1. The Balaban J connectivity index is 1.91. The molecule has 1 fully saturated rings. The Bertz CT molecular complexity index is 867. The molecule has 2 rings (SSSR count). The number of esters is 1. The van der Waals surface area contributed by atoms with Crippen LogP contribution in [0.25, 0.3) is 0 Å². The minimum atomic E-state index is -3.94. The largest absolute Gasteiger partial charge is 0.465 e. The van der Waals surface area contributed by atoms with E-state index in [2.05, 4.69) is 17.2 Å². The maximum Gasteiger partial charge on any atom is 0.459 e. The van der Waals surface area contributed by atoms with Crippen molar-refractivity contribution in [3.05, 3.63) is 42.6 Å². The van der Waals surface area contributed by atoms with Crippen molar-refractivity contribution in [3.63, 3.8) is 0 Å². The summed E-state index contributed by atoms with van der Waals surface area (Å²) < 4.78 is 35.3. The number of nitrogens with zero attached hydrogens (tertiary/aromatic N) is 1. The van der Waals surface area contributed by atoms with E-state index in [1.165, 1.54) is 24.4 Å². The second kappa shape index (κ2) is 14.4. The van der Waals surface area contributed by atoms with Crippen LogP contribution >= 0.6 is 7.75 Å². The summed E-state index contributed by atoms with van der Waals surface area (Å²) in [5.41, 5.74) is 0. The standard InChI is InChI=1S/C22H30N3O8P/c1-3-4-14-30-22(28)15-24-34(29,33-18-8-6-5-7-9-18)31-16-19-10-11-21(32-19)25(2)13-12-20(27)23-17-26/h6,8-9,12-13,17,19,21H,3-4,10-11,14-16H2,1-2H3,(H,24,29)(H,23,26,27)/b13-12-/t19-,21+,34?/m0/s1. The molecule has 1 unspecified atom stereocenters. The maximum absolute atomic E-state index is 13.3.